The first kappa shape index (κ1) is 21.2. The molecule has 0 fully saturated rings. The fourth-order valence-electron chi connectivity index (χ4n) is 3.41. The molecule has 0 unspecified atom stereocenters. The van der Waals surface area contributed by atoms with Crippen molar-refractivity contribution in [3.8, 4) is 11.5 Å². The van der Waals surface area contributed by atoms with Gasteiger partial charge in [0.1, 0.15) is 11.5 Å². The van der Waals surface area contributed by atoms with E-state index < -0.39 is 6.04 Å². The van der Waals surface area contributed by atoms with Crippen molar-refractivity contribution in [2.75, 3.05) is 19.5 Å². The zero-order valence-corrected chi connectivity index (χ0v) is 17.8. The normalized spacial score (nSPS) is 16.1. The number of urea groups is 1. The van der Waals surface area contributed by atoms with E-state index in [2.05, 4.69) is 29.8 Å². The van der Waals surface area contributed by atoms with E-state index in [1.165, 1.54) is 12.7 Å². The third-order valence-corrected chi connectivity index (χ3v) is 5.11. The number of nitrogens with one attached hydrogen (secondary N) is 3. The van der Waals surface area contributed by atoms with Crippen LogP contribution in [-0.2, 0) is 4.79 Å². The molecule has 1 heterocycles. The first-order valence-electron chi connectivity index (χ1n) is 9.75. The highest BCUT2D eigenvalue weighted by Crippen LogP contribution is 2.32. The van der Waals surface area contributed by atoms with Gasteiger partial charge in [-0.25, -0.2) is 4.79 Å². The molecule has 30 heavy (non-hydrogen) atoms. The summed E-state index contributed by atoms with van der Waals surface area (Å²) < 4.78 is 10.6. The number of benzene rings is 2. The van der Waals surface area contributed by atoms with E-state index in [0.29, 0.717) is 34.4 Å². The van der Waals surface area contributed by atoms with Gasteiger partial charge in [0.2, 0.25) is 0 Å². The van der Waals surface area contributed by atoms with Crippen LogP contribution < -0.4 is 25.4 Å². The molecule has 0 spiro atoms. The Morgan fingerprint density at radius 1 is 1.07 bits per heavy atom. The lowest BCUT2D eigenvalue weighted by Gasteiger charge is -2.29. The minimum atomic E-state index is -0.566. The Labute approximate surface area is 176 Å². The number of methoxy groups -OCH3 is 2. The molecule has 0 bridgehead atoms. The fourth-order valence-corrected chi connectivity index (χ4v) is 3.41. The SMILES string of the molecule is COc1ccc(NC(=O)C2=C(C)NC(=O)N[C@H]2c2ccc(C(C)C)cc2)c(OC)c1. The van der Waals surface area contributed by atoms with Crippen molar-refractivity contribution in [3.63, 3.8) is 0 Å². The Bertz CT molecular complexity index is 980. The van der Waals surface area contributed by atoms with Crippen molar-refractivity contribution in [3.05, 3.63) is 64.9 Å². The van der Waals surface area contributed by atoms with E-state index in [1.54, 1.807) is 32.2 Å². The first-order chi connectivity index (χ1) is 14.3. The minimum Gasteiger partial charge on any atom is -0.497 e. The van der Waals surface area contributed by atoms with Gasteiger partial charge in [0.25, 0.3) is 5.91 Å². The van der Waals surface area contributed by atoms with Gasteiger partial charge in [-0.05, 0) is 36.1 Å². The van der Waals surface area contributed by atoms with Gasteiger partial charge in [0.15, 0.2) is 0 Å². The molecule has 0 radical (unpaired) electrons. The fraction of sp³-hybridized carbons (Fsp3) is 0.304. The van der Waals surface area contributed by atoms with Crippen LogP contribution in [0.1, 0.15) is 43.9 Å². The Hall–Kier alpha value is -3.48. The van der Waals surface area contributed by atoms with Crippen molar-refractivity contribution in [2.45, 2.75) is 32.7 Å². The summed E-state index contributed by atoms with van der Waals surface area (Å²) in [6.07, 6.45) is 0. The lowest BCUT2D eigenvalue weighted by molar-refractivity contribution is -0.113. The number of allylic oxidation sites excluding steroid dienone is 1. The molecule has 0 saturated heterocycles. The number of rotatable bonds is 6. The quantitative estimate of drug-likeness (QED) is 0.670. The van der Waals surface area contributed by atoms with Gasteiger partial charge in [0, 0.05) is 11.8 Å². The molecule has 2 aromatic carbocycles. The maximum absolute atomic E-state index is 13.2. The van der Waals surface area contributed by atoms with Crippen LogP contribution in [-0.4, -0.2) is 26.2 Å². The second-order valence-electron chi connectivity index (χ2n) is 7.41. The number of carbonyl (C=O) groups excluding carboxylic acids is 2. The predicted octanol–water partition coefficient (Wildman–Crippen LogP) is 4.09. The lowest BCUT2D eigenvalue weighted by atomic mass is 9.92. The molecule has 0 aliphatic carbocycles. The Balaban J connectivity index is 1.93. The van der Waals surface area contributed by atoms with Gasteiger partial charge in [-0.15, -0.1) is 0 Å². The van der Waals surface area contributed by atoms with Gasteiger partial charge in [0.05, 0.1) is 31.5 Å². The topological polar surface area (TPSA) is 88.7 Å². The molecule has 0 saturated carbocycles. The largest absolute Gasteiger partial charge is 0.497 e. The molecular weight excluding hydrogens is 382 g/mol. The summed E-state index contributed by atoms with van der Waals surface area (Å²) in [5.41, 5.74) is 3.47. The van der Waals surface area contributed by atoms with Crippen molar-refractivity contribution in [1.29, 1.82) is 0 Å². The molecule has 3 rings (SSSR count). The first-order valence-corrected chi connectivity index (χ1v) is 9.75. The molecular formula is C23H27N3O4. The molecule has 7 nitrogen and oxygen atoms in total. The molecule has 1 atom stereocenters. The summed E-state index contributed by atoms with van der Waals surface area (Å²) in [5.74, 6) is 1.16. The van der Waals surface area contributed by atoms with Crippen LogP contribution in [0.4, 0.5) is 10.5 Å². The van der Waals surface area contributed by atoms with Crippen LogP contribution in [0.25, 0.3) is 0 Å². The molecule has 3 N–H and O–H groups in total. The van der Waals surface area contributed by atoms with Crippen LogP contribution in [0.15, 0.2) is 53.7 Å². The van der Waals surface area contributed by atoms with E-state index in [-0.39, 0.29) is 11.9 Å². The highest BCUT2D eigenvalue weighted by molar-refractivity contribution is 6.07. The molecule has 0 aromatic heterocycles. The standard InChI is InChI=1S/C23H27N3O4/c1-13(2)15-6-8-16(9-7-15)21-20(14(3)24-23(28)26-21)22(27)25-18-11-10-17(29-4)12-19(18)30-5/h6-13,21H,1-5H3,(H,25,27)(H2,24,26,28)/t21-/m0/s1. The molecule has 158 valence electrons. The number of amides is 3. The number of carbonyl (C=O) groups is 2. The molecule has 2 aromatic rings. The highest BCUT2D eigenvalue weighted by atomic mass is 16.5. The van der Waals surface area contributed by atoms with Crippen LogP contribution in [0.2, 0.25) is 0 Å². The second-order valence-corrected chi connectivity index (χ2v) is 7.41. The Morgan fingerprint density at radius 2 is 1.77 bits per heavy atom. The van der Waals surface area contributed by atoms with Gasteiger partial charge in [-0.3, -0.25) is 4.79 Å². The number of hydrogen-bond donors (Lipinski definition) is 3. The van der Waals surface area contributed by atoms with E-state index in [1.807, 2.05) is 24.3 Å². The Morgan fingerprint density at radius 3 is 2.37 bits per heavy atom. The number of anilines is 1. The summed E-state index contributed by atoms with van der Waals surface area (Å²) in [6.45, 7) is 5.95. The molecule has 1 aliphatic heterocycles. The lowest BCUT2D eigenvalue weighted by Crippen LogP contribution is -2.46. The van der Waals surface area contributed by atoms with E-state index in [9.17, 15) is 9.59 Å². The van der Waals surface area contributed by atoms with Gasteiger partial charge >= 0.3 is 6.03 Å². The zero-order chi connectivity index (χ0) is 21.8. The Kier molecular flexibility index (Phi) is 6.30. The summed E-state index contributed by atoms with van der Waals surface area (Å²) in [6, 6.07) is 12.2. The third kappa shape index (κ3) is 4.40. The monoisotopic (exact) mass is 409 g/mol. The van der Waals surface area contributed by atoms with Crippen molar-refractivity contribution in [2.24, 2.45) is 0 Å². The van der Waals surface area contributed by atoms with E-state index >= 15 is 0 Å². The molecule has 3 amide bonds. The van der Waals surface area contributed by atoms with Crippen LogP contribution in [0.5, 0.6) is 11.5 Å². The van der Waals surface area contributed by atoms with Gasteiger partial charge in [-0.1, -0.05) is 38.1 Å². The molecule has 7 heteroatoms. The average molecular weight is 409 g/mol. The van der Waals surface area contributed by atoms with Crippen molar-refractivity contribution >= 4 is 17.6 Å². The smallest absolute Gasteiger partial charge is 0.319 e. The molecule has 1 aliphatic rings. The van der Waals surface area contributed by atoms with Crippen molar-refractivity contribution in [1.82, 2.24) is 10.6 Å². The third-order valence-electron chi connectivity index (χ3n) is 5.11. The van der Waals surface area contributed by atoms with E-state index in [4.69, 9.17) is 9.47 Å². The second kappa shape index (κ2) is 8.90. The zero-order valence-electron chi connectivity index (χ0n) is 17.8. The summed E-state index contributed by atoms with van der Waals surface area (Å²) in [4.78, 5) is 25.3. The van der Waals surface area contributed by atoms with Gasteiger partial charge < -0.3 is 25.4 Å². The maximum atomic E-state index is 13.2. The van der Waals surface area contributed by atoms with E-state index in [0.717, 1.165) is 5.56 Å². The number of ether oxygens (including phenoxy) is 2. The average Bonchev–Trinajstić information content (AvgIpc) is 2.73. The van der Waals surface area contributed by atoms with Gasteiger partial charge in [-0.2, -0.15) is 0 Å². The van der Waals surface area contributed by atoms with Crippen LogP contribution >= 0.6 is 0 Å². The van der Waals surface area contributed by atoms with Crippen molar-refractivity contribution < 1.29 is 19.1 Å². The summed E-state index contributed by atoms with van der Waals surface area (Å²) in [7, 11) is 3.09. The predicted molar refractivity (Wildman–Crippen MR) is 116 cm³/mol. The maximum Gasteiger partial charge on any atom is 0.319 e. The highest BCUT2D eigenvalue weighted by Gasteiger charge is 2.31. The summed E-state index contributed by atoms with van der Waals surface area (Å²) >= 11 is 0. The minimum absolute atomic E-state index is 0.332. The summed E-state index contributed by atoms with van der Waals surface area (Å²) in [5, 5.41) is 8.43. The van der Waals surface area contributed by atoms with Crippen LogP contribution in [0.3, 0.4) is 0 Å². The number of hydrogen-bond acceptors (Lipinski definition) is 4. The van der Waals surface area contributed by atoms with Crippen LogP contribution in [0, 0.1) is 0 Å².